The summed E-state index contributed by atoms with van der Waals surface area (Å²) in [6, 6.07) is 14.7. The van der Waals surface area contributed by atoms with E-state index in [1.807, 2.05) is 36.4 Å². The Morgan fingerprint density at radius 2 is 1.93 bits per heavy atom. The van der Waals surface area contributed by atoms with E-state index >= 15 is 0 Å². The normalized spacial score (nSPS) is 10.9. The van der Waals surface area contributed by atoms with Gasteiger partial charge in [-0.05, 0) is 30.2 Å². The van der Waals surface area contributed by atoms with Crippen molar-refractivity contribution in [2.75, 3.05) is 12.3 Å². The van der Waals surface area contributed by atoms with Crippen molar-refractivity contribution < 1.29 is 4.79 Å². The number of nitrogens with zero attached hydrogens (tertiary/aromatic N) is 2. The zero-order chi connectivity index (χ0) is 19.9. The van der Waals surface area contributed by atoms with Gasteiger partial charge in [-0.1, -0.05) is 67.0 Å². The molecule has 0 saturated heterocycles. The number of para-hydroxylation sites is 1. The van der Waals surface area contributed by atoms with Gasteiger partial charge in [-0.3, -0.25) is 14.2 Å². The lowest BCUT2D eigenvalue weighted by Crippen LogP contribution is -2.28. The molecule has 0 aliphatic carbocycles. The minimum atomic E-state index is -0.139. The molecule has 1 amide bonds. The number of amides is 1. The number of unbranched alkanes of at least 4 members (excludes halogenated alkanes) is 1. The van der Waals surface area contributed by atoms with E-state index in [4.69, 9.17) is 11.6 Å². The highest BCUT2D eigenvalue weighted by Crippen LogP contribution is 2.21. The lowest BCUT2D eigenvalue weighted by molar-refractivity contribution is -0.118. The number of benzene rings is 2. The average molecular weight is 416 g/mol. The van der Waals surface area contributed by atoms with Gasteiger partial charge in [-0.25, -0.2) is 4.98 Å². The lowest BCUT2D eigenvalue weighted by atomic mass is 10.2. The van der Waals surface area contributed by atoms with Gasteiger partial charge in [0.1, 0.15) is 0 Å². The molecule has 0 atom stereocenters. The van der Waals surface area contributed by atoms with Crippen molar-refractivity contribution in [3.05, 3.63) is 69.5 Å². The number of nitrogens with one attached hydrogen (secondary N) is 1. The van der Waals surface area contributed by atoms with E-state index in [-0.39, 0.29) is 17.2 Å². The Hall–Kier alpha value is -2.31. The van der Waals surface area contributed by atoms with E-state index < -0.39 is 0 Å². The first kappa shape index (κ1) is 20.4. The molecule has 0 aliphatic heterocycles. The summed E-state index contributed by atoms with van der Waals surface area (Å²) in [7, 11) is 0. The molecule has 0 unspecified atom stereocenters. The molecule has 1 heterocycles. The Kier molecular flexibility index (Phi) is 7.12. The molecule has 0 saturated carbocycles. The Labute approximate surface area is 173 Å². The highest BCUT2D eigenvalue weighted by molar-refractivity contribution is 7.99. The van der Waals surface area contributed by atoms with Crippen LogP contribution in [0.2, 0.25) is 5.02 Å². The number of carbonyl (C=O) groups excluding carboxylic acids is 1. The molecule has 3 aromatic rings. The fourth-order valence-corrected chi connectivity index (χ4v) is 3.80. The van der Waals surface area contributed by atoms with Gasteiger partial charge in [0.25, 0.3) is 5.56 Å². The molecular formula is C21H22ClN3O2S. The van der Waals surface area contributed by atoms with Crippen molar-refractivity contribution in [2.45, 2.75) is 31.5 Å². The summed E-state index contributed by atoms with van der Waals surface area (Å²) in [5.41, 5.74) is 1.31. The van der Waals surface area contributed by atoms with Crippen molar-refractivity contribution in [1.82, 2.24) is 14.9 Å². The molecule has 0 spiro atoms. The maximum Gasteiger partial charge on any atom is 0.262 e. The van der Waals surface area contributed by atoms with E-state index in [0.717, 1.165) is 18.4 Å². The molecule has 28 heavy (non-hydrogen) atoms. The van der Waals surface area contributed by atoms with E-state index in [1.165, 1.54) is 11.8 Å². The third-order valence-electron chi connectivity index (χ3n) is 4.30. The zero-order valence-electron chi connectivity index (χ0n) is 15.7. The van der Waals surface area contributed by atoms with Crippen LogP contribution in [0.3, 0.4) is 0 Å². The van der Waals surface area contributed by atoms with Crippen LogP contribution in [-0.4, -0.2) is 27.8 Å². The largest absolute Gasteiger partial charge is 0.355 e. The summed E-state index contributed by atoms with van der Waals surface area (Å²) in [5.74, 6) is 0.141. The number of hydrogen-bond acceptors (Lipinski definition) is 4. The van der Waals surface area contributed by atoms with Gasteiger partial charge in [0, 0.05) is 11.6 Å². The Morgan fingerprint density at radius 3 is 2.71 bits per heavy atom. The number of aromatic nitrogens is 2. The Morgan fingerprint density at radius 1 is 1.18 bits per heavy atom. The summed E-state index contributed by atoms with van der Waals surface area (Å²) in [6.07, 6.45) is 1.97. The number of carbonyl (C=O) groups is 1. The molecule has 0 bridgehead atoms. The van der Waals surface area contributed by atoms with Gasteiger partial charge in [0.15, 0.2) is 5.16 Å². The molecule has 7 heteroatoms. The van der Waals surface area contributed by atoms with Crippen molar-refractivity contribution in [1.29, 1.82) is 0 Å². The predicted molar refractivity (Wildman–Crippen MR) is 115 cm³/mol. The maximum absolute atomic E-state index is 13.1. The predicted octanol–water partition coefficient (Wildman–Crippen LogP) is 4.11. The van der Waals surface area contributed by atoms with Crippen molar-refractivity contribution in [3.63, 3.8) is 0 Å². The van der Waals surface area contributed by atoms with E-state index in [0.29, 0.717) is 34.2 Å². The molecule has 3 rings (SSSR count). The molecule has 2 aromatic carbocycles. The smallest absolute Gasteiger partial charge is 0.262 e. The topological polar surface area (TPSA) is 64.0 Å². The van der Waals surface area contributed by atoms with Gasteiger partial charge >= 0.3 is 0 Å². The fraction of sp³-hybridized carbons (Fsp3) is 0.286. The van der Waals surface area contributed by atoms with Crippen molar-refractivity contribution >= 4 is 40.2 Å². The molecular weight excluding hydrogens is 394 g/mol. The maximum atomic E-state index is 13.1. The van der Waals surface area contributed by atoms with Crippen LogP contribution in [-0.2, 0) is 11.3 Å². The van der Waals surface area contributed by atoms with Crippen LogP contribution in [0.25, 0.3) is 10.9 Å². The molecule has 0 fully saturated rings. The van der Waals surface area contributed by atoms with Crippen LogP contribution in [0.1, 0.15) is 25.3 Å². The minimum Gasteiger partial charge on any atom is -0.355 e. The summed E-state index contributed by atoms with van der Waals surface area (Å²) in [5, 5.41) is 4.54. The third kappa shape index (κ3) is 4.94. The quantitative estimate of drug-likeness (QED) is 0.341. The van der Waals surface area contributed by atoms with Gasteiger partial charge in [0.05, 0.1) is 23.2 Å². The lowest BCUT2D eigenvalue weighted by Gasteiger charge is -2.14. The first-order valence-electron chi connectivity index (χ1n) is 9.22. The molecule has 5 nitrogen and oxygen atoms in total. The van der Waals surface area contributed by atoms with E-state index in [2.05, 4.69) is 17.2 Å². The molecule has 0 radical (unpaired) electrons. The zero-order valence-corrected chi connectivity index (χ0v) is 17.2. The van der Waals surface area contributed by atoms with Gasteiger partial charge in [-0.15, -0.1) is 0 Å². The molecule has 0 aliphatic rings. The number of halogens is 1. The van der Waals surface area contributed by atoms with Crippen LogP contribution in [0, 0.1) is 0 Å². The third-order valence-corrected chi connectivity index (χ3v) is 5.64. The fourth-order valence-electron chi connectivity index (χ4n) is 2.78. The van der Waals surface area contributed by atoms with Crippen LogP contribution in [0.5, 0.6) is 0 Å². The van der Waals surface area contributed by atoms with E-state index in [1.54, 1.807) is 16.7 Å². The van der Waals surface area contributed by atoms with Gasteiger partial charge in [-0.2, -0.15) is 0 Å². The Balaban J connectivity index is 1.92. The SMILES string of the molecule is CCCCNC(=O)CSc1nc2ccccc2c(=O)n1Cc1ccccc1Cl. The van der Waals surface area contributed by atoms with Gasteiger partial charge < -0.3 is 5.32 Å². The molecule has 146 valence electrons. The second-order valence-electron chi connectivity index (χ2n) is 6.39. The first-order chi connectivity index (χ1) is 13.6. The summed E-state index contributed by atoms with van der Waals surface area (Å²) < 4.78 is 1.59. The van der Waals surface area contributed by atoms with Crippen LogP contribution in [0.4, 0.5) is 0 Å². The monoisotopic (exact) mass is 415 g/mol. The minimum absolute atomic E-state index is 0.0647. The highest BCUT2D eigenvalue weighted by atomic mass is 35.5. The number of thioether (sulfide) groups is 1. The van der Waals surface area contributed by atoms with Crippen molar-refractivity contribution in [2.24, 2.45) is 0 Å². The first-order valence-corrected chi connectivity index (χ1v) is 10.6. The standard InChI is InChI=1S/C21H22ClN3O2S/c1-2-3-12-23-19(26)14-28-21-24-18-11-7-5-9-16(18)20(27)25(21)13-15-8-4-6-10-17(15)22/h4-11H,2-3,12-14H2,1H3,(H,23,26). The van der Waals surface area contributed by atoms with Crippen molar-refractivity contribution in [3.8, 4) is 0 Å². The second-order valence-corrected chi connectivity index (χ2v) is 7.74. The number of hydrogen-bond donors (Lipinski definition) is 1. The molecule has 1 aromatic heterocycles. The average Bonchev–Trinajstić information content (AvgIpc) is 2.70. The molecule has 1 N–H and O–H groups in total. The van der Waals surface area contributed by atoms with Crippen LogP contribution in [0.15, 0.2) is 58.5 Å². The van der Waals surface area contributed by atoms with E-state index in [9.17, 15) is 9.59 Å². The van der Waals surface area contributed by atoms with Crippen LogP contribution < -0.4 is 10.9 Å². The van der Waals surface area contributed by atoms with Gasteiger partial charge in [0.2, 0.25) is 5.91 Å². The Bertz CT molecular complexity index is 1040. The summed E-state index contributed by atoms with van der Waals surface area (Å²) in [4.78, 5) is 29.8. The highest BCUT2D eigenvalue weighted by Gasteiger charge is 2.14. The number of rotatable bonds is 8. The number of fused-ring (bicyclic) bond motifs is 1. The van der Waals surface area contributed by atoms with Crippen LogP contribution >= 0.6 is 23.4 Å². The summed E-state index contributed by atoms with van der Waals surface area (Å²) >= 11 is 7.55. The second kappa shape index (κ2) is 9.75. The summed E-state index contributed by atoms with van der Waals surface area (Å²) in [6.45, 7) is 3.04.